The van der Waals surface area contributed by atoms with E-state index in [4.69, 9.17) is 37.0 Å². The molecule has 0 heterocycles. The van der Waals surface area contributed by atoms with Gasteiger partial charge in [0, 0.05) is 25.7 Å². The Hall–Kier alpha value is -1.94. The fraction of sp³-hybridized carbons (Fsp3) is 0.946. The van der Waals surface area contributed by atoms with Crippen molar-refractivity contribution >= 4 is 39.5 Å². The molecule has 0 spiro atoms. The van der Waals surface area contributed by atoms with Crippen LogP contribution < -0.4 is 0 Å². The zero-order valence-electron chi connectivity index (χ0n) is 60.6. The molecule has 0 saturated carbocycles. The molecule has 19 heteroatoms. The highest BCUT2D eigenvalue weighted by Gasteiger charge is 2.30. The van der Waals surface area contributed by atoms with E-state index in [1.165, 1.54) is 199 Å². The minimum absolute atomic E-state index is 0.106. The topological polar surface area (TPSA) is 237 Å². The summed E-state index contributed by atoms with van der Waals surface area (Å²) in [4.78, 5) is 72.7. The maximum Gasteiger partial charge on any atom is 0.472 e. The molecule has 552 valence electrons. The van der Waals surface area contributed by atoms with E-state index in [0.29, 0.717) is 25.7 Å². The van der Waals surface area contributed by atoms with Crippen molar-refractivity contribution in [3.8, 4) is 0 Å². The van der Waals surface area contributed by atoms with E-state index in [9.17, 15) is 43.2 Å². The summed E-state index contributed by atoms with van der Waals surface area (Å²) in [6.07, 6.45) is 52.6. The van der Waals surface area contributed by atoms with Crippen LogP contribution in [0.5, 0.6) is 0 Å². The summed E-state index contributed by atoms with van der Waals surface area (Å²) in [5, 5.41) is 10.6. The number of phosphoric ester groups is 2. The first-order valence-corrected chi connectivity index (χ1v) is 41.5. The number of hydrogen-bond acceptors (Lipinski definition) is 15. The Morgan fingerprint density at radius 3 is 0.731 bits per heavy atom. The molecule has 0 amide bonds. The van der Waals surface area contributed by atoms with Crippen LogP contribution in [0, 0.1) is 11.8 Å². The van der Waals surface area contributed by atoms with Gasteiger partial charge in [0.05, 0.1) is 26.4 Å². The van der Waals surface area contributed by atoms with Crippen LogP contribution in [0.2, 0.25) is 0 Å². The number of ether oxygens (including phenoxy) is 4. The third-order valence-corrected chi connectivity index (χ3v) is 19.1. The number of aliphatic hydroxyl groups excluding tert-OH is 1. The lowest BCUT2D eigenvalue weighted by molar-refractivity contribution is -0.161. The second-order valence-corrected chi connectivity index (χ2v) is 30.5. The van der Waals surface area contributed by atoms with E-state index in [0.717, 1.165) is 102 Å². The van der Waals surface area contributed by atoms with E-state index >= 15 is 0 Å². The van der Waals surface area contributed by atoms with Crippen LogP contribution in [0.15, 0.2) is 0 Å². The second-order valence-electron chi connectivity index (χ2n) is 27.6. The molecule has 0 aliphatic carbocycles. The molecule has 0 radical (unpaired) electrons. The van der Waals surface area contributed by atoms with Gasteiger partial charge in [-0.15, -0.1) is 0 Å². The quantitative estimate of drug-likeness (QED) is 0.0222. The SMILES string of the molecule is CCCCCCCCCCCCCCCC(=O)OC[C@H](COP(=O)(O)OC[C@@H](O)COP(=O)(O)OC[C@@H](COC(=O)CCCCCCCCCCCCC)OC(=O)CCCCCCCCCCCC(C)C)OC(=O)CCCCCCCCCCCCCCCCC(C)C. The van der Waals surface area contributed by atoms with Crippen LogP contribution in [0.1, 0.15) is 382 Å². The predicted octanol–water partition coefficient (Wildman–Crippen LogP) is 21.6. The first-order chi connectivity index (χ1) is 44.9. The molecule has 0 rings (SSSR count). The van der Waals surface area contributed by atoms with Crippen molar-refractivity contribution in [1.82, 2.24) is 0 Å². The monoisotopic (exact) mass is 1370 g/mol. The summed E-state index contributed by atoms with van der Waals surface area (Å²) in [5.41, 5.74) is 0. The normalized spacial score (nSPS) is 14.1. The minimum atomic E-state index is -4.95. The summed E-state index contributed by atoms with van der Waals surface area (Å²) < 4.78 is 68.5. The average molecular weight is 1370 g/mol. The Balaban J connectivity index is 5.25. The summed E-state index contributed by atoms with van der Waals surface area (Å²) in [6, 6.07) is 0. The largest absolute Gasteiger partial charge is 0.472 e. The van der Waals surface area contributed by atoms with Crippen LogP contribution in [0.4, 0.5) is 0 Å². The smallest absolute Gasteiger partial charge is 0.462 e. The maximum absolute atomic E-state index is 13.1. The molecular weight excluding hydrogens is 1220 g/mol. The molecule has 0 aliphatic rings. The Labute approximate surface area is 568 Å². The molecule has 3 N–H and O–H groups in total. The Kier molecular flexibility index (Phi) is 64.6. The standard InChI is InChI=1S/C74H144O17P2/c1-7-9-11-13-15-17-19-22-27-33-39-45-51-57-72(77)85-62-69(90-73(78)58-52-46-40-34-28-24-21-20-23-26-30-36-42-48-54-66(3)4)64-88-92(80,81)86-60-68(75)61-87-93(82,83)89-65-70(63-84-71(76)56-50-44-38-32-25-18-16-14-12-10-8-2)91-74(79)59-53-47-41-35-29-31-37-43-49-55-67(5)6/h66-70,75H,7-65H2,1-6H3,(H,80,81)(H,82,83)/t68-,69-,70-/m1/s1. The van der Waals surface area contributed by atoms with Crippen molar-refractivity contribution in [3.63, 3.8) is 0 Å². The average Bonchev–Trinajstić information content (AvgIpc) is 2.09. The molecule has 0 fully saturated rings. The molecular formula is C74H144O17P2. The van der Waals surface area contributed by atoms with Gasteiger partial charge in [-0.1, -0.05) is 330 Å². The highest BCUT2D eigenvalue weighted by molar-refractivity contribution is 7.47. The van der Waals surface area contributed by atoms with Gasteiger partial charge in [0.15, 0.2) is 12.2 Å². The van der Waals surface area contributed by atoms with Gasteiger partial charge in [-0.05, 0) is 37.5 Å². The van der Waals surface area contributed by atoms with Gasteiger partial charge in [-0.25, -0.2) is 9.13 Å². The summed E-state index contributed by atoms with van der Waals surface area (Å²) in [5.74, 6) is -0.585. The number of rotatable bonds is 73. The highest BCUT2D eigenvalue weighted by Crippen LogP contribution is 2.45. The van der Waals surface area contributed by atoms with Crippen LogP contribution in [-0.2, 0) is 65.4 Å². The third kappa shape index (κ3) is 68.4. The van der Waals surface area contributed by atoms with Gasteiger partial charge in [-0.2, -0.15) is 0 Å². The lowest BCUT2D eigenvalue weighted by Crippen LogP contribution is -2.30. The van der Waals surface area contributed by atoms with Crippen LogP contribution >= 0.6 is 15.6 Å². The molecule has 17 nitrogen and oxygen atoms in total. The van der Waals surface area contributed by atoms with E-state index < -0.39 is 97.5 Å². The molecule has 0 saturated heterocycles. The van der Waals surface area contributed by atoms with Crippen LogP contribution in [0.3, 0.4) is 0 Å². The predicted molar refractivity (Wildman–Crippen MR) is 377 cm³/mol. The fourth-order valence-electron chi connectivity index (χ4n) is 11.3. The third-order valence-electron chi connectivity index (χ3n) is 17.2. The molecule has 0 aromatic carbocycles. The van der Waals surface area contributed by atoms with Gasteiger partial charge in [0.2, 0.25) is 0 Å². The van der Waals surface area contributed by atoms with Crippen molar-refractivity contribution in [2.45, 2.75) is 400 Å². The molecule has 0 aromatic rings. The Morgan fingerprint density at radius 2 is 0.495 bits per heavy atom. The number of unbranched alkanes of at least 4 members (excludes halogenated alkanes) is 43. The molecule has 93 heavy (non-hydrogen) atoms. The molecule has 5 atom stereocenters. The van der Waals surface area contributed by atoms with E-state index in [2.05, 4.69) is 41.5 Å². The Bertz CT molecular complexity index is 1800. The van der Waals surface area contributed by atoms with Crippen molar-refractivity contribution in [2.24, 2.45) is 11.8 Å². The molecule has 2 unspecified atom stereocenters. The first kappa shape index (κ1) is 91.1. The summed E-state index contributed by atoms with van der Waals surface area (Å²) >= 11 is 0. The first-order valence-electron chi connectivity index (χ1n) is 38.5. The lowest BCUT2D eigenvalue weighted by Gasteiger charge is -2.21. The Morgan fingerprint density at radius 1 is 0.290 bits per heavy atom. The highest BCUT2D eigenvalue weighted by atomic mass is 31.2. The van der Waals surface area contributed by atoms with Gasteiger partial charge < -0.3 is 33.8 Å². The van der Waals surface area contributed by atoms with E-state index in [-0.39, 0.29) is 25.7 Å². The van der Waals surface area contributed by atoms with Crippen LogP contribution in [0.25, 0.3) is 0 Å². The van der Waals surface area contributed by atoms with Gasteiger partial charge in [0.1, 0.15) is 19.3 Å². The van der Waals surface area contributed by atoms with Gasteiger partial charge in [0.25, 0.3) is 0 Å². The number of aliphatic hydroxyl groups is 1. The number of carbonyl (C=O) groups excluding carboxylic acids is 4. The number of hydrogen-bond donors (Lipinski definition) is 3. The number of esters is 4. The van der Waals surface area contributed by atoms with Crippen molar-refractivity contribution < 1.29 is 80.2 Å². The molecule has 0 bridgehead atoms. The van der Waals surface area contributed by atoms with Gasteiger partial charge in [-0.3, -0.25) is 37.3 Å². The van der Waals surface area contributed by atoms with Crippen LogP contribution in [-0.4, -0.2) is 96.7 Å². The summed E-state index contributed by atoms with van der Waals surface area (Å²) in [7, 11) is -9.91. The minimum Gasteiger partial charge on any atom is -0.462 e. The van der Waals surface area contributed by atoms with Crippen molar-refractivity contribution in [1.29, 1.82) is 0 Å². The zero-order valence-corrected chi connectivity index (χ0v) is 62.3. The zero-order chi connectivity index (χ0) is 68.6. The van der Waals surface area contributed by atoms with Crippen molar-refractivity contribution in [3.05, 3.63) is 0 Å². The van der Waals surface area contributed by atoms with E-state index in [1.807, 2.05) is 0 Å². The summed E-state index contributed by atoms with van der Waals surface area (Å²) in [6.45, 7) is 9.58. The lowest BCUT2D eigenvalue weighted by atomic mass is 10.0. The molecule has 0 aliphatic heterocycles. The maximum atomic E-state index is 13.1. The van der Waals surface area contributed by atoms with Gasteiger partial charge >= 0.3 is 39.5 Å². The fourth-order valence-corrected chi connectivity index (χ4v) is 12.9. The number of phosphoric acid groups is 2. The van der Waals surface area contributed by atoms with Crippen molar-refractivity contribution in [2.75, 3.05) is 39.6 Å². The second kappa shape index (κ2) is 66.0. The number of carbonyl (C=O) groups is 4. The van der Waals surface area contributed by atoms with E-state index in [1.54, 1.807) is 0 Å². The molecule has 0 aromatic heterocycles.